The molecule has 0 spiro atoms. The normalized spacial score (nSPS) is 10.5. The van der Waals surface area contributed by atoms with Gasteiger partial charge in [0.25, 0.3) is 0 Å². The van der Waals surface area contributed by atoms with Crippen molar-refractivity contribution < 1.29 is 4.74 Å². The van der Waals surface area contributed by atoms with E-state index in [2.05, 4.69) is 6.92 Å². The highest BCUT2D eigenvalue weighted by Gasteiger charge is 2.11. The highest BCUT2D eigenvalue weighted by atomic mass is 35.5. The first kappa shape index (κ1) is 12.3. The summed E-state index contributed by atoms with van der Waals surface area (Å²) < 4.78 is 5.66. The van der Waals surface area contributed by atoms with Crippen molar-refractivity contribution in [1.29, 1.82) is 0 Å². The first-order valence-electron chi connectivity index (χ1n) is 5.23. The van der Waals surface area contributed by atoms with Gasteiger partial charge in [-0.15, -0.1) is 0 Å². The molecule has 84 valence electrons. The molecule has 0 saturated carbocycles. The monoisotopic (exact) mass is 227 g/mol. The van der Waals surface area contributed by atoms with Gasteiger partial charge in [0.05, 0.1) is 6.61 Å². The third-order valence-electron chi connectivity index (χ3n) is 2.44. The summed E-state index contributed by atoms with van der Waals surface area (Å²) >= 11 is 6.16. The first-order chi connectivity index (χ1) is 7.11. The van der Waals surface area contributed by atoms with E-state index in [4.69, 9.17) is 22.1 Å². The van der Waals surface area contributed by atoms with Crippen molar-refractivity contribution in [1.82, 2.24) is 0 Å². The second-order valence-corrected chi connectivity index (χ2v) is 4.04. The molecular formula is C12H18ClNO. The van der Waals surface area contributed by atoms with Crippen LogP contribution in [-0.4, -0.2) is 6.61 Å². The summed E-state index contributed by atoms with van der Waals surface area (Å²) in [5, 5.41) is 0.791. The van der Waals surface area contributed by atoms with Crippen molar-refractivity contribution in [2.24, 2.45) is 5.73 Å². The Kier molecular flexibility index (Phi) is 4.43. The molecule has 0 radical (unpaired) electrons. The zero-order valence-electron chi connectivity index (χ0n) is 9.56. The number of rotatable bonds is 4. The molecule has 2 N–H and O–H groups in total. The lowest BCUT2D eigenvalue weighted by molar-refractivity contribution is 0.314. The van der Waals surface area contributed by atoms with E-state index in [9.17, 15) is 0 Å². The molecule has 0 aliphatic heterocycles. The number of hydrogen-bond acceptors (Lipinski definition) is 2. The number of hydrogen-bond donors (Lipinski definition) is 1. The average molecular weight is 228 g/mol. The average Bonchev–Trinajstić information content (AvgIpc) is 2.23. The van der Waals surface area contributed by atoms with Gasteiger partial charge in [-0.1, -0.05) is 18.5 Å². The minimum Gasteiger partial charge on any atom is -0.493 e. The molecule has 15 heavy (non-hydrogen) atoms. The van der Waals surface area contributed by atoms with Crippen LogP contribution in [0.15, 0.2) is 6.07 Å². The highest BCUT2D eigenvalue weighted by Crippen LogP contribution is 2.31. The van der Waals surface area contributed by atoms with Crippen LogP contribution >= 0.6 is 11.6 Å². The van der Waals surface area contributed by atoms with Gasteiger partial charge in [-0.3, -0.25) is 0 Å². The van der Waals surface area contributed by atoms with E-state index in [1.54, 1.807) is 0 Å². The van der Waals surface area contributed by atoms with Gasteiger partial charge in [0.2, 0.25) is 0 Å². The van der Waals surface area contributed by atoms with Crippen molar-refractivity contribution in [2.45, 2.75) is 33.7 Å². The molecule has 0 amide bonds. The van der Waals surface area contributed by atoms with Gasteiger partial charge in [0.15, 0.2) is 0 Å². The molecule has 1 rings (SSSR count). The number of halogens is 1. The second-order valence-electron chi connectivity index (χ2n) is 3.66. The van der Waals surface area contributed by atoms with Crippen LogP contribution in [0, 0.1) is 13.8 Å². The van der Waals surface area contributed by atoms with Gasteiger partial charge in [-0.25, -0.2) is 0 Å². The summed E-state index contributed by atoms with van der Waals surface area (Å²) in [6.45, 7) is 7.22. The Morgan fingerprint density at radius 3 is 2.60 bits per heavy atom. The fourth-order valence-electron chi connectivity index (χ4n) is 1.55. The Morgan fingerprint density at radius 2 is 2.07 bits per heavy atom. The molecule has 0 bridgehead atoms. The second kappa shape index (κ2) is 5.38. The molecule has 0 aromatic heterocycles. The third-order valence-corrected chi connectivity index (χ3v) is 3.02. The molecule has 0 aliphatic carbocycles. The summed E-state index contributed by atoms with van der Waals surface area (Å²) in [5.74, 6) is 0.874. The molecule has 0 fully saturated rings. The maximum absolute atomic E-state index is 6.16. The fraction of sp³-hybridized carbons (Fsp3) is 0.500. The molecule has 0 aliphatic rings. The summed E-state index contributed by atoms with van der Waals surface area (Å²) in [5.41, 5.74) is 8.79. The van der Waals surface area contributed by atoms with E-state index in [0.717, 1.165) is 33.9 Å². The SMILES string of the molecule is CCCOc1cc(C)c(Cl)c(C)c1CN. The minimum atomic E-state index is 0.463. The van der Waals surface area contributed by atoms with Crippen LogP contribution in [0.5, 0.6) is 5.75 Å². The quantitative estimate of drug-likeness (QED) is 0.858. The Morgan fingerprint density at radius 1 is 1.40 bits per heavy atom. The molecule has 0 saturated heterocycles. The van der Waals surface area contributed by atoms with Crippen LogP contribution in [-0.2, 0) is 6.54 Å². The van der Waals surface area contributed by atoms with Gasteiger partial charge in [0.1, 0.15) is 5.75 Å². The van der Waals surface area contributed by atoms with Crippen LogP contribution in [0.1, 0.15) is 30.0 Å². The molecule has 0 heterocycles. The van der Waals surface area contributed by atoms with Crippen LogP contribution < -0.4 is 10.5 Å². The lowest BCUT2D eigenvalue weighted by atomic mass is 10.0. The number of aryl methyl sites for hydroxylation is 1. The standard InChI is InChI=1S/C12H18ClNO/c1-4-5-15-11-6-8(2)12(13)9(3)10(11)7-14/h6H,4-5,7,14H2,1-3H3. The lowest BCUT2D eigenvalue weighted by Gasteiger charge is -2.15. The van der Waals surface area contributed by atoms with Crippen molar-refractivity contribution in [3.63, 3.8) is 0 Å². The topological polar surface area (TPSA) is 35.2 Å². The fourth-order valence-corrected chi connectivity index (χ4v) is 1.72. The highest BCUT2D eigenvalue weighted by molar-refractivity contribution is 6.32. The van der Waals surface area contributed by atoms with E-state index in [-0.39, 0.29) is 0 Å². The van der Waals surface area contributed by atoms with E-state index in [1.165, 1.54) is 0 Å². The molecular weight excluding hydrogens is 210 g/mol. The number of ether oxygens (including phenoxy) is 1. The molecule has 0 atom stereocenters. The van der Waals surface area contributed by atoms with E-state index < -0.39 is 0 Å². The molecule has 2 nitrogen and oxygen atoms in total. The summed E-state index contributed by atoms with van der Waals surface area (Å²) in [4.78, 5) is 0. The Labute approximate surface area is 96.4 Å². The summed E-state index contributed by atoms with van der Waals surface area (Å²) in [6, 6.07) is 1.97. The Hall–Kier alpha value is -0.730. The molecule has 3 heteroatoms. The zero-order chi connectivity index (χ0) is 11.4. The van der Waals surface area contributed by atoms with Crippen LogP contribution in [0.25, 0.3) is 0 Å². The van der Waals surface area contributed by atoms with Crippen LogP contribution in [0.4, 0.5) is 0 Å². The minimum absolute atomic E-state index is 0.463. The lowest BCUT2D eigenvalue weighted by Crippen LogP contribution is -2.06. The first-order valence-corrected chi connectivity index (χ1v) is 5.61. The summed E-state index contributed by atoms with van der Waals surface area (Å²) in [6.07, 6.45) is 0.991. The summed E-state index contributed by atoms with van der Waals surface area (Å²) in [7, 11) is 0. The maximum atomic E-state index is 6.16. The van der Waals surface area contributed by atoms with Gasteiger partial charge >= 0.3 is 0 Å². The Balaban J connectivity index is 3.13. The molecule has 1 aromatic carbocycles. The zero-order valence-corrected chi connectivity index (χ0v) is 10.3. The predicted molar refractivity (Wildman–Crippen MR) is 64.6 cm³/mol. The predicted octanol–water partition coefficient (Wildman–Crippen LogP) is 3.20. The number of nitrogens with two attached hydrogens (primary N) is 1. The largest absolute Gasteiger partial charge is 0.493 e. The van der Waals surface area contributed by atoms with Crippen LogP contribution in [0.2, 0.25) is 5.02 Å². The number of benzene rings is 1. The van der Waals surface area contributed by atoms with Gasteiger partial charge < -0.3 is 10.5 Å². The Bertz CT molecular complexity index is 350. The van der Waals surface area contributed by atoms with Crippen molar-refractivity contribution in [2.75, 3.05) is 6.61 Å². The van der Waals surface area contributed by atoms with Crippen molar-refractivity contribution in [3.05, 3.63) is 27.8 Å². The van der Waals surface area contributed by atoms with Gasteiger partial charge in [0, 0.05) is 17.1 Å². The van der Waals surface area contributed by atoms with Crippen molar-refractivity contribution in [3.8, 4) is 5.75 Å². The molecule has 0 unspecified atom stereocenters. The smallest absolute Gasteiger partial charge is 0.124 e. The maximum Gasteiger partial charge on any atom is 0.124 e. The van der Waals surface area contributed by atoms with E-state index >= 15 is 0 Å². The molecule has 1 aromatic rings. The van der Waals surface area contributed by atoms with Gasteiger partial charge in [-0.2, -0.15) is 0 Å². The van der Waals surface area contributed by atoms with Crippen LogP contribution in [0.3, 0.4) is 0 Å². The van der Waals surface area contributed by atoms with Gasteiger partial charge in [-0.05, 0) is 37.5 Å². The van der Waals surface area contributed by atoms with E-state index in [1.807, 2.05) is 19.9 Å². The van der Waals surface area contributed by atoms with E-state index in [0.29, 0.717) is 13.2 Å². The van der Waals surface area contributed by atoms with Crippen molar-refractivity contribution >= 4 is 11.6 Å². The third kappa shape index (κ3) is 2.64.